The van der Waals surface area contributed by atoms with Crippen LogP contribution in [-0.2, 0) is 71.1 Å². The summed E-state index contributed by atoms with van der Waals surface area (Å²) in [5, 5.41) is 0. The van der Waals surface area contributed by atoms with Crippen molar-refractivity contribution in [3.05, 3.63) is 12.7 Å². The topological polar surface area (TPSA) is 146 Å². The Kier molecular flexibility index (Phi) is 37.4. The van der Waals surface area contributed by atoms with Crippen LogP contribution in [0.1, 0.15) is 20.8 Å². The maximum Gasteiger partial charge on any atom is 0.332 e. The van der Waals surface area contributed by atoms with E-state index in [4.69, 9.17) is 66.3 Å². The van der Waals surface area contributed by atoms with Gasteiger partial charge in [-0.2, -0.15) is 0 Å². The first-order valence-corrected chi connectivity index (χ1v) is 16.8. The Morgan fingerprint density at radius 2 is 0.604 bits per heavy atom. The molecule has 0 amide bonds. The average molecular weight is 701 g/mol. The van der Waals surface area contributed by atoms with E-state index in [0.717, 1.165) is 0 Å². The molecule has 0 aliphatic rings. The molecular formula is C33H64O15. The van der Waals surface area contributed by atoms with Crippen molar-refractivity contribution < 1.29 is 71.1 Å². The largest absolute Gasteiger partial charge is 0.458 e. The monoisotopic (exact) mass is 700 g/mol. The average Bonchev–Trinajstić information content (AvgIpc) is 3.05. The molecule has 0 aromatic carbocycles. The van der Waals surface area contributed by atoms with Crippen molar-refractivity contribution in [1.29, 1.82) is 0 Å². The molecule has 0 N–H and O–H groups in total. The Bertz CT molecular complexity index is 663. The summed E-state index contributed by atoms with van der Waals surface area (Å²) >= 11 is 0. The van der Waals surface area contributed by atoms with Gasteiger partial charge in [-0.1, -0.05) is 6.08 Å². The van der Waals surface area contributed by atoms with Gasteiger partial charge in [-0.15, -0.1) is 6.58 Å². The van der Waals surface area contributed by atoms with Crippen LogP contribution in [0.25, 0.3) is 0 Å². The lowest BCUT2D eigenvalue weighted by Gasteiger charge is -2.19. The zero-order valence-electron chi connectivity index (χ0n) is 29.8. The zero-order chi connectivity index (χ0) is 35.1. The van der Waals surface area contributed by atoms with Gasteiger partial charge in [0.2, 0.25) is 0 Å². The summed E-state index contributed by atoms with van der Waals surface area (Å²) in [6.07, 6.45) is 1.71. The van der Waals surface area contributed by atoms with Crippen LogP contribution < -0.4 is 0 Å². The van der Waals surface area contributed by atoms with Crippen LogP contribution in [0.2, 0.25) is 0 Å². The molecule has 15 heteroatoms. The minimum Gasteiger partial charge on any atom is -0.458 e. The Hall–Kier alpha value is -1.31. The molecule has 0 bridgehead atoms. The highest BCUT2D eigenvalue weighted by molar-refractivity contribution is 5.71. The van der Waals surface area contributed by atoms with Gasteiger partial charge in [0.15, 0.2) is 0 Å². The predicted octanol–water partition coefficient (Wildman–Crippen LogP) is 1.73. The molecule has 0 saturated heterocycles. The van der Waals surface area contributed by atoms with Gasteiger partial charge in [0.25, 0.3) is 0 Å². The molecule has 0 unspecified atom stereocenters. The highest BCUT2D eigenvalue weighted by Crippen LogP contribution is 2.06. The smallest absolute Gasteiger partial charge is 0.332 e. The highest BCUT2D eigenvalue weighted by atomic mass is 16.6. The third kappa shape index (κ3) is 42.7. The molecular weight excluding hydrogens is 636 g/mol. The predicted molar refractivity (Wildman–Crippen MR) is 177 cm³/mol. The number of hydrogen-bond acceptors (Lipinski definition) is 15. The fraction of sp³-hybridized carbons (Fsp3) is 0.909. The van der Waals surface area contributed by atoms with Crippen molar-refractivity contribution in [3.8, 4) is 0 Å². The van der Waals surface area contributed by atoms with Crippen LogP contribution in [0.4, 0.5) is 0 Å². The summed E-state index contributed by atoms with van der Waals surface area (Å²) in [6.45, 7) is 21.2. The van der Waals surface area contributed by atoms with Crippen molar-refractivity contribution in [1.82, 2.24) is 0 Å². The summed E-state index contributed by atoms with van der Waals surface area (Å²) in [6, 6.07) is 0. The fourth-order valence-electron chi connectivity index (χ4n) is 3.23. The number of rotatable bonds is 40. The van der Waals surface area contributed by atoms with Gasteiger partial charge in [0, 0.05) is 0 Å². The van der Waals surface area contributed by atoms with Crippen molar-refractivity contribution in [2.75, 3.05) is 172 Å². The van der Waals surface area contributed by atoms with Gasteiger partial charge in [-0.3, -0.25) is 0 Å². The maximum atomic E-state index is 11.5. The minimum absolute atomic E-state index is 0.0846. The molecule has 48 heavy (non-hydrogen) atoms. The Balaban J connectivity index is 3.09. The SMILES string of the molecule is C=CCOCCOCCOCCOCCOCCOCCOCCOCCOCCOCCOCCOCCOCC(=O)OC(C)(C)C. The van der Waals surface area contributed by atoms with Crippen LogP contribution in [-0.4, -0.2) is 183 Å². The Morgan fingerprint density at radius 1 is 0.396 bits per heavy atom. The number of carbonyl (C=O) groups excluding carboxylic acids is 1. The Morgan fingerprint density at radius 3 is 0.812 bits per heavy atom. The molecule has 15 nitrogen and oxygen atoms in total. The van der Waals surface area contributed by atoms with E-state index in [0.29, 0.717) is 165 Å². The zero-order valence-corrected chi connectivity index (χ0v) is 29.8. The third-order valence-electron chi connectivity index (χ3n) is 5.34. The summed E-state index contributed by atoms with van der Waals surface area (Å²) in [7, 11) is 0. The lowest BCUT2D eigenvalue weighted by molar-refractivity contribution is -0.160. The van der Waals surface area contributed by atoms with Crippen molar-refractivity contribution in [3.63, 3.8) is 0 Å². The van der Waals surface area contributed by atoms with E-state index in [1.807, 2.05) is 20.8 Å². The number of ether oxygens (including phenoxy) is 14. The molecule has 0 rings (SSSR count). The Labute approximate surface area is 287 Å². The van der Waals surface area contributed by atoms with Crippen LogP contribution >= 0.6 is 0 Å². The van der Waals surface area contributed by atoms with Crippen LogP contribution in [0.15, 0.2) is 12.7 Å². The van der Waals surface area contributed by atoms with E-state index in [2.05, 4.69) is 6.58 Å². The molecule has 0 aromatic heterocycles. The second kappa shape index (κ2) is 38.5. The van der Waals surface area contributed by atoms with E-state index >= 15 is 0 Å². The molecule has 286 valence electrons. The molecule has 0 aliphatic carbocycles. The first kappa shape index (κ1) is 46.7. The van der Waals surface area contributed by atoms with Crippen molar-refractivity contribution in [2.45, 2.75) is 26.4 Å². The van der Waals surface area contributed by atoms with E-state index in [9.17, 15) is 4.79 Å². The van der Waals surface area contributed by atoms with Crippen LogP contribution in [0.3, 0.4) is 0 Å². The molecule has 0 fully saturated rings. The number of carbonyl (C=O) groups is 1. The normalized spacial score (nSPS) is 11.7. The van der Waals surface area contributed by atoms with Crippen molar-refractivity contribution >= 4 is 5.97 Å². The van der Waals surface area contributed by atoms with Gasteiger partial charge >= 0.3 is 5.97 Å². The fourth-order valence-corrected chi connectivity index (χ4v) is 3.23. The van der Waals surface area contributed by atoms with E-state index in [1.165, 1.54) is 0 Å². The standard InChI is InChI=1S/C33H64O15/c1-5-6-35-7-8-36-9-10-37-11-12-38-13-14-39-15-16-40-17-18-41-19-20-42-21-22-43-23-24-44-25-26-45-27-28-46-29-30-47-31-32(34)48-33(2,3)4/h5H,1,6-31H2,2-4H3. The highest BCUT2D eigenvalue weighted by Gasteiger charge is 2.15. The van der Waals surface area contributed by atoms with Gasteiger partial charge < -0.3 is 66.3 Å². The number of esters is 1. The van der Waals surface area contributed by atoms with Crippen LogP contribution in [0.5, 0.6) is 0 Å². The molecule has 0 aliphatic heterocycles. The molecule has 0 spiro atoms. The summed E-state index contributed by atoms with van der Waals surface area (Å²) in [5.74, 6) is -0.388. The summed E-state index contributed by atoms with van der Waals surface area (Å²) < 4.78 is 75.4. The lowest BCUT2D eigenvalue weighted by atomic mass is 10.2. The van der Waals surface area contributed by atoms with Gasteiger partial charge in [-0.05, 0) is 20.8 Å². The van der Waals surface area contributed by atoms with Gasteiger partial charge in [-0.25, -0.2) is 4.79 Å². The second-order valence-electron chi connectivity index (χ2n) is 10.7. The first-order chi connectivity index (χ1) is 23.5. The van der Waals surface area contributed by atoms with E-state index in [1.54, 1.807) is 6.08 Å². The van der Waals surface area contributed by atoms with Gasteiger partial charge in [0.1, 0.15) is 12.2 Å². The number of hydrogen-bond donors (Lipinski definition) is 0. The van der Waals surface area contributed by atoms with E-state index in [-0.39, 0.29) is 12.6 Å². The van der Waals surface area contributed by atoms with Gasteiger partial charge in [0.05, 0.1) is 165 Å². The minimum atomic E-state index is -0.512. The van der Waals surface area contributed by atoms with E-state index < -0.39 is 5.60 Å². The molecule has 0 heterocycles. The van der Waals surface area contributed by atoms with Crippen molar-refractivity contribution in [2.24, 2.45) is 0 Å². The molecule has 0 saturated carbocycles. The molecule has 0 radical (unpaired) electrons. The van der Waals surface area contributed by atoms with Crippen LogP contribution in [0, 0.1) is 0 Å². The first-order valence-electron chi connectivity index (χ1n) is 16.8. The second-order valence-corrected chi connectivity index (χ2v) is 10.7. The maximum absolute atomic E-state index is 11.5. The molecule has 0 atom stereocenters. The summed E-state index contributed by atoms with van der Waals surface area (Å²) in [4.78, 5) is 11.5. The quantitative estimate of drug-likeness (QED) is 0.0519. The lowest BCUT2D eigenvalue weighted by Crippen LogP contribution is -2.27. The molecule has 0 aromatic rings. The third-order valence-corrected chi connectivity index (χ3v) is 5.34. The summed E-state index contributed by atoms with van der Waals surface area (Å²) in [5.41, 5.74) is -0.512.